The Hall–Kier alpha value is -2.43. The fourth-order valence-electron chi connectivity index (χ4n) is 3.18. The fourth-order valence-corrected chi connectivity index (χ4v) is 3.18. The number of amides is 2. The van der Waals surface area contributed by atoms with Crippen LogP contribution in [0.1, 0.15) is 47.7 Å². The Balaban J connectivity index is 1.77. The molecule has 1 saturated heterocycles. The van der Waals surface area contributed by atoms with E-state index in [0.717, 1.165) is 11.1 Å². The third kappa shape index (κ3) is 3.04. The van der Waals surface area contributed by atoms with E-state index in [1.165, 1.54) is 0 Å². The largest absolute Gasteiger partial charge is 0.329 e. The second-order valence-electron chi connectivity index (χ2n) is 6.27. The molecule has 5 heteroatoms. The van der Waals surface area contributed by atoms with Gasteiger partial charge < -0.3 is 15.0 Å². The smallest absolute Gasteiger partial charge is 0.255 e. The summed E-state index contributed by atoms with van der Waals surface area (Å²) in [5, 5.41) is 2.73. The van der Waals surface area contributed by atoms with Crippen LogP contribution >= 0.6 is 0 Å². The van der Waals surface area contributed by atoms with Gasteiger partial charge in [0.25, 0.3) is 5.91 Å². The van der Waals surface area contributed by atoms with Crippen LogP contribution in [-0.2, 0) is 22.6 Å². The third-order valence-corrected chi connectivity index (χ3v) is 4.47. The Morgan fingerprint density at radius 2 is 2.17 bits per heavy atom. The molecule has 3 rings (SSSR count). The number of hydrogen-bond acceptors (Lipinski definition) is 3. The molecular weight excluding hydrogens is 292 g/mol. The van der Waals surface area contributed by atoms with Crippen molar-refractivity contribution in [1.82, 2.24) is 10.2 Å². The van der Waals surface area contributed by atoms with Crippen LogP contribution < -0.4 is 5.32 Å². The van der Waals surface area contributed by atoms with E-state index in [9.17, 15) is 14.4 Å². The molecule has 2 aliphatic rings. The van der Waals surface area contributed by atoms with Gasteiger partial charge in [-0.15, -0.1) is 0 Å². The van der Waals surface area contributed by atoms with Gasteiger partial charge in [-0.1, -0.05) is 18.7 Å². The van der Waals surface area contributed by atoms with E-state index in [0.29, 0.717) is 43.5 Å². The molecule has 2 amide bonds. The molecule has 2 aliphatic heterocycles. The molecule has 0 aliphatic carbocycles. The van der Waals surface area contributed by atoms with Crippen molar-refractivity contribution < 1.29 is 14.4 Å². The summed E-state index contributed by atoms with van der Waals surface area (Å²) in [6.45, 7) is 5.80. The van der Waals surface area contributed by atoms with Crippen LogP contribution in [0, 0.1) is 0 Å². The number of ketones is 1. The predicted octanol–water partition coefficient (Wildman–Crippen LogP) is 1.96. The van der Waals surface area contributed by atoms with Gasteiger partial charge in [0, 0.05) is 24.2 Å². The number of carbonyl (C=O) groups is 3. The number of hydrogen-bond donors (Lipinski definition) is 1. The molecule has 1 fully saturated rings. The minimum Gasteiger partial charge on any atom is -0.329 e. The molecule has 23 heavy (non-hydrogen) atoms. The Bertz CT molecular complexity index is 708. The van der Waals surface area contributed by atoms with Crippen LogP contribution in [0.5, 0.6) is 0 Å². The van der Waals surface area contributed by atoms with Gasteiger partial charge in [0.05, 0.1) is 0 Å². The Labute approximate surface area is 135 Å². The molecule has 1 atom stereocenters. The first-order valence-corrected chi connectivity index (χ1v) is 7.86. The van der Waals surface area contributed by atoms with Crippen molar-refractivity contribution in [2.45, 2.75) is 45.2 Å². The summed E-state index contributed by atoms with van der Waals surface area (Å²) in [6.07, 6.45) is 2.49. The number of piperidine rings is 1. The van der Waals surface area contributed by atoms with Gasteiger partial charge in [0.1, 0.15) is 11.8 Å². The zero-order valence-electron chi connectivity index (χ0n) is 13.2. The van der Waals surface area contributed by atoms with Gasteiger partial charge in [-0.25, -0.2) is 0 Å². The molecule has 0 saturated carbocycles. The average Bonchev–Trinajstić information content (AvgIpc) is 2.82. The Morgan fingerprint density at radius 3 is 2.87 bits per heavy atom. The molecule has 1 N–H and O–H groups in total. The number of Topliss-reactive ketones (excluding diaryl/α,β-unsaturated/α-hetero) is 1. The van der Waals surface area contributed by atoms with E-state index >= 15 is 0 Å². The summed E-state index contributed by atoms with van der Waals surface area (Å²) >= 11 is 0. The van der Waals surface area contributed by atoms with E-state index in [4.69, 9.17) is 0 Å². The predicted molar refractivity (Wildman–Crippen MR) is 85.6 cm³/mol. The molecule has 1 aromatic carbocycles. The minimum atomic E-state index is -0.430. The maximum absolute atomic E-state index is 12.6. The topological polar surface area (TPSA) is 66.5 Å². The van der Waals surface area contributed by atoms with Crippen molar-refractivity contribution in [2.75, 3.05) is 0 Å². The van der Waals surface area contributed by atoms with E-state index in [1.807, 2.05) is 18.2 Å². The van der Waals surface area contributed by atoms with Gasteiger partial charge in [-0.05, 0) is 43.4 Å². The molecule has 1 unspecified atom stereocenters. The number of carbonyl (C=O) groups excluding carboxylic acids is 3. The number of fused-ring (bicyclic) bond motifs is 1. The molecule has 0 aromatic heterocycles. The van der Waals surface area contributed by atoms with Crippen LogP contribution in [0.15, 0.2) is 30.5 Å². The van der Waals surface area contributed by atoms with Crippen LogP contribution in [0.3, 0.4) is 0 Å². The second kappa shape index (κ2) is 5.99. The van der Waals surface area contributed by atoms with Crippen molar-refractivity contribution in [1.29, 1.82) is 0 Å². The molecule has 0 spiro atoms. The number of nitrogens with zero attached hydrogens (tertiary/aromatic N) is 1. The normalized spacial score (nSPS) is 20.5. The van der Waals surface area contributed by atoms with Gasteiger partial charge in [0.2, 0.25) is 5.91 Å². The maximum Gasteiger partial charge on any atom is 0.255 e. The monoisotopic (exact) mass is 312 g/mol. The van der Waals surface area contributed by atoms with Crippen molar-refractivity contribution in [3.05, 3.63) is 47.2 Å². The molecule has 0 bridgehead atoms. The van der Waals surface area contributed by atoms with Gasteiger partial charge in [-0.3, -0.25) is 9.59 Å². The summed E-state index contributed by atoms with van der Waals surface area (Å²) in [7, 11) is 0. The molecule has 2 heterocycles. The van der Waals surface area contributed by atoms with Crippen molar-refractivity contribution in [3.8, 4) is 0 Å². The minimum absolute atomic E-state index is 0.0919. The number of nitrogens with one attached hydrogen (secondary N) is 1. The lowest BCUT2D eigenvalue weighted by Crippen LogP contribution is -2.49. The van der Waals surface area contributed by atoms with E-state index in [1.54, 1.807) is 11.8 Å². The van der Waals surface area contributed by atoms with Crippen molar-refractivity contribution >= 4 is 17.6 Å². The highest BCUT2D eigenvalue weighted by atomic mass is 16.2. The highest BCUT2D eigenvalue weighted by Gasteiger charge is 2.37. The van der Waals surface area contributed by atoms with Crippen LogP contribution in [-0.4, -0.2) is 28.5 Å². The zero-order chi connectivity index (χ0) is 16.6. The Kier molecular flexibility index (Phi) is 4.03. The maximum atomic E-state index is 12.6. The number of rotatable bonds is 4. The van der Waals surface area contributed by atoms with Crippen LogP contribution in [0.2, 0.25) is 0 Å². The van der Waals surface area contributed by atoms with Crippen molar-refractivity contribution in [2.24, 2.45) is 0 Å². The highest BCUT2D eigenvalue weighted by molar-refractivity contribution is 6.01. The quantitative estimate of drug-likeness (QED) is 0.924. The van der Waals surface area contributed by atoms with E-state index < -0.39 is 6.04 Å². The third-order valence-electron chi connectivity index (χ3n) is 4.47. The highest BCUT2D eigenvalue weighted by Crippen LogP contribution is 2.29. The van der Waals surface area contributed by atoms with E-state index in [-0.39, 0.29) is 17.6 Å². The first kappa shape index (κ1) is 15.5. The van der Waals surface area contributed by atoms with Gasteiger partial charge in [0.15, 0.2) is 0 Å². The lowest BCUT2D eigenvalue weighted by Gasteiger charge is -2.30. The number of benzene rings is 1. The SMILES string of the molecule is C=C1CCC(N2Cc3cc(CCC(C)=O)ccc3C2=O)C(=O)N1. The lowest BCUT2D eigenvalue weighted by atomic mass is 10.0. The summed E-state index contributed by atoms with van der Waals surface area (Å²) < 4.78 is 0. The standard InChI is InChI=1S/C18H20N2O3/c1-11-3-8-16(17(22)19-11)20-10-14-9-13(5-4-12(2)21)6-7-15(14)18(20)23/h6-7,9,16H,1,3-5,8,10H2,2H3,(H,19,22). The summed E-state index contributed by atoms with van der Waals surface area (Å²) in [6, 6.07) is 5.26. The Morgan fingerprint density at radius 1 is 1.39 bits per heavy atom. The van der Waals surface area contributed by atoms with E-state index in [2.05, 4.69) is 11.9 Å². The summed E-state index contributed by atoms with van der Waals surface area (Å²) in [5.74, 6) is -0.0905. The number of allylic oxidation sites excluding steroid dienone is 1. The summed E-state index contributed by atoms with van der Waals surface area (Å²) in [5.41, 5.74) is 3.36. The molecule has 5 nitrogen and oxygen atoms in total. The first-order chi connectivity index (χ1) is 11.0. The molecule has 120 valence electrons. The fraction of sp³-hybridized carbons (Fsp3) is 0.389. The molecule has 1 aromatic rings. The van der Waals surface area contributed by atoms with Crippen LogP contribution in [0.4, 0.5) is 0 Å². The first-order valence-electron chi connectivity index (χ1n) is 7.86. The van der Waals surface area contributed by atoms with Gasteiger partial charge >= 0.3 is 0 Å². The lowest BCUT2D eigenvalue weighted by molar-refractivity contribution is -0.126. The van der Waals surface area contributed by atoms with Crippen LogP contribution in [0.25, 0.3) is 0 Å². The average molecular weight is 312 g/mol. The molecule has 0 radical (unpaired) electrons. The second-order valence-corrected chi connectivity index (χ2v) is 6.27. The zero-order valence-corrected chi connectivity index (χ0v) is 13.2. The number of aryl methyl sites for hydroxylation is 1. The van der Waals surface area contributed by atoms with Gasteiger partial charge in [-0.2, -0.15) is 0 Å². The summed E-state index contributed by atoms with van der Waals surface area (Å²) in [4.78, 5) is 37.4. The molecular formula is C18H20N2O3. The van der Waals surface area contributed by atoms with Crippen molar-refractivity contribution in [3.63, 3.8) is 0 Å².